The molecule has 0 bridgehead atoms. The fourth-order valence-corrected chi connectivity index (χ4v) is 5.04. The van der Waals surface area contributed by atoms with Gasteiger partial charge in [-0.3, -0.25) is 25.2 Å². The molecule has 1 aliphatic rings. The van der Waals surface area contributed by atoms with Crippen molar-refractivity contribution in [1.29, 1.82) is 0 Å². The second-order valence-electron chi connectivity index (χ2n) is 8.68. The van der Waals surface area contributed by atoms with Crippen LogP contribution in [0.1, 0.15) is 55.7 Å². The summed E-state index contributed by atoms with van der Waals surface area (Å²) in [5.41, 5.74) is 7.64. The zero-order valence-corrected chi connectivity index (χ0v) is 21.6. The summed E-state index contributed by atoms with van der Waals surface area (Å²) in [5.74, 6) is -0.147. The molecule has 188 valence electrons. The Morgan fingerprint density at radius 1 is 1.06 bits per heavy atom. The summed E-state index contributed by atoms with van der Waals surface area (Å²) >= 11 is 7.30. The number of hydrogen-bond acceptors (Lipinski definition) is 6. The van der Waals surface area contributed by atoms with Crippen LogP contribution in [0.3, 0.4) is 0 Å². The monoisotopic (exact) mass is 526 g/mol. The minimum Gasteiger partial charge on any atom is -0.484 e. The number of hydrogen-bond donors (Lipinski definition) is 2. The van der Waals surface area contributed by atoms with Crippen LogP contribution in [0.2, 0.25) is 5.02 Å². The number of benzene rings is 2. The number of amides is 3. The van der Waals surface area contributed by atoms with Crippen LogP contribution in [0.15, 0.2) is 47.8 Å². The van der Waals surface area contributed by atoms with Gasteiger partial charge >= 0.3 is 0 Å². The molecule has 3 aromatic rings. The van der Waals surface area contributed by atoms with Crippen molar-refractivity contribution in [2.24, 2.45) is 0 Å². The normalized spacial score (nSPS) is 13.8. The predicted octanol–water partition coefficient (Wildman–Crippen LogP) is 4.27. The van der Waals surface area contributed by atoms with Crippen LogP contribution in [0.4, 0.5) is 0 Å². The number of ether oxygens (including phenoxy) is 1. The molecule has 0 aliphatic carbocycles. The third-order valence-electron chi connectivity index (χ3n) is 6.17. The third-order valence-corrected chi connectivity index (χ3v) is 7.41. The molecule has 2 N–H and O–H groups in total. The van der Waals surface area contributed by atoms with Crippen LogP contribution in [-0.2, 0) is 4.79 Å². The molecule has 0 saturated carbocycles. The second-order valence-corrected chi connectivity index (χ2v) is 10.0. The minimum absolute atomic E-state index is 0.00957. The standard InChI is InChI=1S/C26H27ClN4O4S/c1-16-6-7-21(12-17(16)2)35-14-23(32)31-10-8-18(9-11-31)26-28-22(15-36-26)25(34)30-29-24(33)19-4-3-5-20(27)13-19/h3-7,12-13,15,18H,8-11,14H2,1-2H3,(H,29,33)(H,30,34). The molecule has 36 heavy (non-hydrogen) atoms. The van der Waals surface area contributed by atoms with E-state index in [9.17, 15) is 14.4 Å². The maximum Gasteiger partial charge on any atom is 0.289 e. The Kier molecular flexibility index (Phi) is 8.22. The molecule has 1 fully saturated rings. The van der Waals surface area contributed by atoms with Gasteiger partial charge in [-0.15, -0.1) is 11.3 Å². The Hall–Kier alpha value is -3.43. The lowest BCUT2D eigenvalue weighted by molar-refractivity contribution is -0.134. The largest absolute Gasteiger partial charge is 0.484 e. The Balaban J connectivity index is 1.23. The van der Waals surface area contributed by atoms with Crippen molar-refractivity contribution in [1.82, 2.24) is 20.7 Å². The van der Waals surface area contributed by atoms with Gasteiger partial charge in [-0.2, -0.15) is 0 Å². The Bertz CT molecular complexity index is 1270. The first-order chi connectivity index (χ1) is 17.3. The summed E-state index contributed by atoms with van der Waals surface area (Å²) in [7, 11) is 0. The number of nitrogens with one attached hydrogen (secondary N) is 2. The number of aryl methyl sites for hydroxylation is 2. The van der Waals surface area contributed by atoms with Crippen molar-refractivity contribution >= 4 is 40.7 Å². The Morgan fingerprint density at radius 2 is 1.81 bits per heavy atom. The van der Waals surface area contributed by atoms with E-state index in [-0.39, 0.29) is 24.1 Å². The molecule has 0 atom stereocenters. The molecule has 2 heterocycles. The molecule has 1 aliphatic heterocycles. The highest BCUT2D eigenvalue weighted by Gasteiger charge is 2.26. The average Bonchev–Trinajstić information content (AvgIpc) is 3.38. The van der Waals surface area contributed by atoms with E-state index < -0.39 is 11.8 Å². The smallest absolute Gasteiger partial charge is 0.289 e. The zero-order chi connectivity index (χ0) is 25.7. The van der Waals surface area contributed by atoms with Crippen LogP contribution >= 0.6 is 22.9 Å². The van der Waals surface area contributed by atoms with E-state index in [4.69, 9.17) is 16.3 Å². The van der Waals surface area contributed by atoms with Crippen LogP contribution < -0.4 is 15.6 Å². The number of aromatic nitrogens is 1. The van der Waals surface area contributed by atoms with E-state index in [0.29, 0.717) is 29.4 Å². The van der Waals surface area contributed by atoms with E-state index in [0.717, 1.165) is 23.4 Å². The number of likely N-dealkylation sites (tertiary alicyclic amines) is 1. The maximum absolute atomic E-state index is 12.6. The highest BCUT2D eigenvalue weighted by molar-refractivity contribution is 7.09. The number of hydrazine groups is 1. The number of nitrogens with zero attached hydrogens (tertiary/aromatic N) is 2. The van der Waals surface area contributed by atoms with Crippen LogP contribution in [0.5, 0.6) is 5.75 Å². The number of carbonyl (C=O) groups is 3. The topological polar surface area (TPSA) is 101 Å². The number of halogens is 1. The van der Waals surface area contributed by atoms with E-state index in [1.165, 1.54) is 23.0 Å². The van der Waals surface area contributed by atoms with Gasteiger partial charge in [-0.1, -0.05) is 23.7 Å². The highest BCUT2D eigenvalue weighted by atomic mass is 35.5. The first-order valence-electron chi connectivity index (χ1n) is 11.6. The molecular weight excluding hydrogens is 500 g/mol. The first kappa shape index (κ1) is 25.7. The Morgan fingerprint density at radius 3 is 2.53 bits per heavy atom. The van der Waals surface area contributed by atoms with Crippen molar-refractivity contribution in [2.75, 3.05) is 19.7 Å². The summed E-state index contributed by atoms with van der Waals surface area (Å²) in [4.78, 5) is 43.5. The van der Waals surface area contributed by atoms with Crippen LogP contribution in [-0.4, -0.2) is 47.3 Å². The molecule has 0 unspecified atom stereocenters. The lowest BCUT2D eigenvalue weighted by Crippen LogP contribution is -2.42. The summed E-state index contributed by atoms with van der Waals surface area (Å²) in [6.45, 7) is 5.27. The maximum atomic E-state index is 12.6. The predicted molar refractivity (Wildman–Crippen MR) is 138 cm³/mol. The minimum atomic E-state index is -0.496. The van der Waals surface area contributed by atoms with Crippen molar-refractivity contribution < 1.29 is 19.1 Å². The van der Waals surface area contributed by atoms with Crippen molar-refractivity contribution in [3.63, 3.8) is 0 Å². The fraction of sp³-hybridized carbons (Fsp3) is 0.308. The molecule has 8 nitrogen and oxygen atoms in total. The molecule has 4 rings (SSSR count). The number of piperidine rings is 1. The number of rotatable bonds is 6. The van der Waals surface area contributed by atoms with Gasteiger partial charge in [0.05, 0.1) is 5.01 Å². The van der Waals surface area contributed by atoms with Gasteiger partial charge in [-0.25, -0.2) is 4.98 Å². The molecule has 0 radical (unpaired) electrons. The molecule has 10 heteroatoms. The van der Waals surface area contributed by atoms with Crippen LogP contribution in [0, 0.1) is 13.8 Å². The van der Waals surface area contributed by atoms with Crippen molar-refractivity contribution in [3.05, 3.63) is 80.3 Å². The first-order valence-corrected chi connectivity index (χ1v) is 12.9. The van der Waals surface area contributed by atoms with Gasteiger partial charge in [0.2, 0.25) is 0 Å². The summed E-state index contributed by atoms with van der Waals surface area (Å²) < 4.78 is 5.69. The van der Waals surface area contributed by atoms with Gasteiger partial charge < -0.3 is 9.64 Å². The van der Waals surface area contributed by atoms with Crippen molar-refractivity contribution in [3.8, 4) is 5.75 Å². The Labute approximate surface area is 218 Å². The van der Waals surface area contributed by atoms with E-state index in [1.54, 1.807) is 23.6 Å². The molecule has 1 aromatic heterocycles. The average molecular weight is 527 g/mol. The summed E-state index contributed by atoms with van der Waals surface area (Å²) in [6, 6.07) is 12.2. The van der Waals surface area contributed by atoms with Gasteiger partial charge in [0, 0.05) is 35.0 Å². The van der Waals surface area contributed by atoms with Gasteiger partial charge in [0.25, 0.3) is 17.7 Å². The lowest BCUT2D eigenvalue weighted by atomic mass is 9.97. The van der Waals surface area contributed by atoms with Gasteiger partial charge in [0.15, 0.2) is 6.61 Å². The van der Waals surface area contributed by atoms with Gasteiger partial charge in [-0.05, 0) is 68.1 Å². The lowest BCUT2D eigenvalue weighted by Gasteiger charge is -2.31. The molecule has 0 spiro atoms. The van der Waals surface area contributed by atoms with Gasteiger partial charge in [0.1, 0.15) is 11.4 Å². The molecular formula is C26H27ClN4O4S. The summed E-state index contributed by atoms with van der Waals surface area (Å²) in [5, 5.41) is 2.95. The molecule has 2 aromatic carbocycles. The van der Waals surface area contributed by atoms with E-state index >= 15 is 0 Å². The molecule has 3 amide bonds. The van der Waals surface area contributed by atoms with Crippen LogP contribution in [0.25, 0.3) is 0 Å². The third kappa shape index (κ3) is 6.41. The fourth-order valence-electron chi connectivity index (χ4n) is 3.87. The SMILES string of the molecule is Cc1ccc(OCC(=O)N2CCC(c3nc(C(=O)NNC(=O)c4cccc(Cl)c4)cs3)CC2)cc1C. The van der Waals surface area contributed by atoms with E-state index in [2.05, 4.69) is 15.8 Å². The van der Waals surface area contributed by atoms with E-state index in [1.807, 2.05) is 36.9 Å². The summed E-state index contributed by atoms with van der Waals surface area (Å²) in [6.07, 6.45) is 1.52. The zero-order valence-electron chi connectivity index (χ0n) is 20.0. The number of carbonyl (C=O) groups excluding carboxylic acids is 3. The number of thiazole rings is 1. The molecule has 1 saturated heterocycles. The van der Waals surface area contributed by atoms with Crippen molar-refractivity contribution in [2.45, 2.75) is 32.6 Å². The highest BCUT2D eigenvalue weighted by Crippen LogP contribution is 2.30. The second kappa shape index (κ2) is 11.5. The quantitative estimate of drug-likeness (QED) is 0.467.